The number of carbonyl (C=O) groups excluding carboxylic acids is 2. The first-order chi connectivity index (χ1) is 18.4. The summed E-state index contributed by atoms with van der Waals surface area (Å²) in [7, 11) is 0. The summed E-state index contributed by atoms with van der Waals surface area (Å²) in [4.78, 5) is 41.8. The van der Waals surface area contributed by atoms with Gasteiger partial charge in [0.05, 0.1) is 18.2 Å². The normalized spacial score (nSPS) is 25.7. The summed E-state index contributed by atoms with van der Waals surface area (Å²) in [5.41, 5.74) is 3.72. The topological polar surface area (TPSA) is 87.2 Å². The molecule has 4 atom stereocenters. The second-order valence-corrected chi connectivity index (χ2v) is 11.1. The Bertz CT molecular complexity index is 1260. The highest BCUT2D eigenvalue weighted by Crippen LogP contribution is 2.53. The van der Waals surface area contributed by atoms with Gasteiger partial charge in [-0.3, -0.25) is 14.5 Å². The molecule has 1 N–H and O–H groups in total. The molecule has 0 bridgehead atoms. The molecular weight excluding hydrogens is 487 g/mol. The molecule has 7 nitrogen and oxygen atoms in total. The Morgan fingerprint density at radius 3 is 2.55 bits per heavy atom. The van der Waals surface area contributed by atoms with E-state index in [1.165, 1.54) is 23.3 Å². The van der Waals surface area contributed by atoms with E-state index in [0.29, 0.717) is 17.7 Å². The first-order valence-corrected chi connectivity index (χ1v) is 13.8. The van der Waals surface area contributed by atoms with Crippen LogP contribution in [0.2, 0.25) is 0 Å². The molecule has 200 valence electrons. The fraction of sp³-hybridized carbons (Fsp3) is 0.500. The summed E-state index contributed by atoms with van der Waals surface area (Å²) in [6.45, 7) is 0. The molecule has 0 spiro atoms. The SMILES string of the molecule is O=C(O)CCC(=O)N(C1CC1)[C@H]1c2cc(F)ccc2N(C(=O)OC2CCc3ccccc3C2)[C@H]2CCC[C@H]21. The number of carboxylic acids is 1. The summed E-state index contributed by atoms with van der Waals surface area (Å²) >= 11 is 0. The van der Waals surface area contributed by atoms with E-state index < -0.39 is 17.9 Å². The van der Waals surface area contributed by atoms with Gasteiger partial charge in [0, 0.05) is 36.4 Å². The molecule has 38 heavy (non-hydrogen) atoms. The van der Waals surface area contributed by atoms with Gasteiger partial charge in [0.15, 0.2) is 0 Å². The number of benzene rings is 2. The van der Waals surface area contributed by atoms with Gasteiger partial charge in [-0.2, -0.15) is 0 Å². The minimum atomic E-state index is -1.01. The number of ether oxygens (including phenoxy) is 1. The fourth-order valence-corrected chi connectivity index (χ4v) is 6.88. The van der Waals surface area contributed by atoms with Crippen LogP contribution in [0.15, 0.2) is 42.5 Å². The number of aliphatic carboxylic acids is 1. The molecule has 6 rings (SSSR count). The highest BCUT2D eigenvalue weighted by molar-refractivity contribution is 5.91. The van der Waals surface area contributed by atoms with Crippen molar-refractivity contribution in [2.75, 3.05) is 4.90 Å². The van der Waals surface area contributed by atoms with E-state index in [4.69, 9.17) is 9.84 Å². The summed E-state index contributed by atoms with van der Waals surface area (Å²) < 4.78 is 20.8. The van der Waals surface area contributed by atoms with E-state index >= 15 is 0 Å². The lowest BCUT2D eigenvalue weighted by molar-refractivity contribution is -0.142. The zero-order valence-corrected chi connectivity index (χ0v) is 21.4. The van der Waals surface area contributed by atoms with Crippen LogP contribution in [0.3, 0.4) is 0 Å². The van der Waals surface area contributed by atoms with Gasteiger partial charge in [0.25, 0.3) is 0 Å². The van der Waals surface area contributed by atoms with E-state index in [1.54, 1.807) is 11.0 Å². The van der Waals surface area contributed by atoms with Crippen molar-refractivity contribution in [3.8, 4) is 0 Å². The maximum atomic E-state index is 14.7. The van der Waals surface area contributed by atoms with Gasteiger partial charge in [0.1, 0.15) is 11.9 Å². The van der Waals surface area contributed by atoms with Crippen LogP contribution >= 0.6 is 0 Å². The number of nitrogens with zero attached hydrogens (tertiary/aromatic N) is 2. The summed E-state index contributed by atoms with van der Waals surface area (Å²) in [5, 5.41) is 9.16. The Hall–Kier alpha value is -3.42. The van der Waals surface area contributed by atoms with Gasteiger partial charge in [-0.15, -0.1) is 0 Å². The quantitative estimate of drug-likeness (QED) is 0.551. The van der Waals surface area contributed by atoms with E-state index in [2.05, 4.69) is 12.1 Å². The number of aryl methyl sites for hydroxylation is 1. The second-order valence-electron chi connectivity index (χ2n) is 11.1. The lowest BCUT2D eigenvalue weighted by Crippen LogP contribution is -2.53. The lowest BCUT2D eigenvalue weighted by atomic mass is 9.81. The van der Waals surface area contributed by atoms with Crippen molar-refractivity contribution in [2.24, 2.45) is 5.92 Å². The number of halogens is 1. The minimum absolute atomic E-state index is 0.0273. The molecule has 8 heteroatoms. The fourth-order valence-electron chi connectivity index (χ4n) is 6.88. The van der Waals surface area contributed by atoms with Crippen LogP contribution in [0.5, 0.6) is 0 Å². The van der Waals surface area contributed by atoms with E-state index in [9.17, 15) is 18.8 Å². The highest BCUT2D eigenvalue weighted by Gasteiger charge is 2.52. The van der Waals surface area contributed by atoms with Gasteiger partial charge in [0.2, 0.25) is 5.91 Å². The van der Waals surface area contributed by atoms with Crippen molar-refractivity contribution >= 4 is 23.7 Å². The zero-order chi connectivity index (χ0) is 26.4. The molecule has 0 saturated heterocycles. The van der Waals surface area contributed by atoms with Crippen molar-refractivity contribution in [1.29, 1.82) is 0 Å². The van der Waals surface area contributed by atoms with Gasteiger partial charge in [-0.05, 0) is 67.9 Å². The molecule has 1 aliphatic heterocycles. The molecular formula is C30H33FN2O5. The number of anilines is 1. The maximum absolute atomic E-state index is 14.7. The molecule has 2 saturated carbocycles. The second kappa shape index (κ2) is 10.0. The number of carbonyl (C=O) groups is 3. The Balaban J connectivity index is 1.31. The Morgan fingerprint density at radius 1 is 1.00 bits per heavy atom. The zero-order valence-electron chi connectivity index (χ0n) is 21.4. The first-order valence-electron chi connectivity index (χ1n) is 13.8. The third-order valence-corrected chi connectivity index (χ3v) is 8.68. The van der Waals surface area contributed by atoms with Gasteiger partial charge in [-0.1, -0.05) is 30.7 Å². The number of hydrogen-bond donors (Lipinski definition) is 1. The molecule has 2 aromatic rings. The van der Waals surface area contributed by atoms with E-state index in [-0.39, 0.29) is 48.9 Å². The van der Waals surface area contributed by atoms with Crippen molar-refractivity contribution in [1.82, 2.24) is 4.90 Å². The highest BCUT2D eigenvalue weighted by atomic mass is 19.1. The first kappa shape index (κ1) is 24.9. The van der Waals surface area contributed by atoms with Crippen LogP contribution in [0.4, 0.5) is 14.9 Å². The number of rotatable bonds is 6. The summed E-state index contributed by atoms with van der Waals surface area (Å²) in [6.07, 6.45) is 5.53. The Morgan fingerprint density at radius 2 is 1.79 bits per heavy atom. The largest absolute Gasteiger partial charge is 0.481 e. The van der Waals surface area contributed by atoms with Crippen molar-refractivity contribution in [2.45, 2.75) is 88.4 Å². The Labute approximate surface area is 221 Å². The van der Waals surface area contributed by atoms with Crippen LogP contribution in [0.25, 0.3) is 0 Å². The monoisotopic (exact) mass is 520 g/mol. The maximum Gasteiger partial charge on any atom is 0.414 e. The number of hydrogen-bond acceptors (Lipinski definition) is 4. The van der Waals surface area contributed by atoms with Crippen LogP contribution in [-0.4, -0.2) is 46.2 Å². The van der Waals surface area contributed by atoms with Crippen LogP contribution < -0.4 is 4.90 Å². The molecule has 4 aliphatic rings. The van der Waals surface area contributed by atoms with Crippen molar-refractivity contribution < 1.29 is 28.6 Å². The Kier molecular flexibility index (Phi) is 6.58. The third kappa shape index (κ3) is 4.65. The van der Waals surface area contributed by atoms with Crippen LogP contribution in [-0.2, 0) is 27.2 Å². The van der Waals surface area contributed by atoms with Gasteiger partial charge < -0.3 is 14.7 Å². The summed E-state index contributed by atoms with van der Waals surface area (Å²) in [6, 6.07) is 12.2. The average Bonchev–Trinajstić information content (AvgIpc) is 3.62. The van der Waals surface area contributed by atoms with E-state index in [1.807, 2.05) is 17.0 Å². The van der Waals surface area contributed by atoms with Gasteiger partial charge >= 0.3 is 12.1 Å². The molecule has 2 aromatic carbocycles. The molecule has 1 unspecified atom stereocenters. The molecule has 1 heterocycles. The van der Waals surface area contributed by atoms with Gasteiger partial charge in [-0.25, -0.2) is 9.18 Å². The minimum Gasteiger partial charge on any atom is -0.481 e. The molecule has 3 aliphatic carbocycles. The number of amides is 2. The molecule has 0 radical (unpaired) electrons. The molecule has 0 aromatic heterocycles. The predicted molar refractivity (Wildman–Crippen MR) is 138 cm³/mol. The van der Waals surface area contributed by atoms with Crippen LogP contribution in [0.1, 0.15) is 74.1 Å². The van der Waals surface area contributed by atoms with Crippen molar-refractivity contribution in [3.63, 3.8) is 0 Å². The standard InChI is InChI=1S/C30H33FN2O5/c31-20-9-13-26-24(17-20)29(32(21-10-11-21)27(34)14-15-28(35)36)23-6-3-7-25(23)33(26)30(37)38-22-12-8-18-4-1-2-5-19(18)16-22/h1-2,4-5,9,13,17,21-23,25,29H,3,6-8,10-12,14-16H2,(H,35,36)/t22?,23-,25+,29-/m1/s1. The number of fused-ring (bicyclic) bond motifs is 3. The van der Waals surface area contributed by atoms with E-state index in [0.717, 1.165) is 44.9 Å². The van der Waals surface area contributed by atoms with Crippen molar-refractivity contribution in [3.05, 3.63) is 65.0 Å². The third-order valence-electron chi connectivity index (χ3n) is 8.68. The predicted octanol–water partition coefficient (Wildman–Crippen LogP) is 5.41. The summed E-state index contributed by atoms with van der Waals surface area (Å²) in [5.74, 6) is -1.70. The number of carboxylic acid groups (broad SMARTS) is 1. The molecule has 2 amide bonds. The smallest absolute Gasteiger partial charge is 0.414 e. The van der Waals surface area contributed by atoms with Crippen LogP contribution in [0, 0.1) is 11.7 Å². The molecule has 2 fully saturated rings. The lowest BCUT2D eigenvalue weighted by Gasteiger charge is -2.47. The average molecular weight is 521 g/mol.